The molecule has 3 rings (SSSR count). The highest BCUT2D eigenvalue weighted by Crippen LogP contribution is 2.26. The Labute approximate surface area is 134 Å². The highest BCUT2D eigenvalue weighted by Gasteiger charge is 2.31. The van der Waals surface area contributed by atoms with Crippen LogP contribution in [0.5, 0.6) is 5.75 Å². The van der Waals surface area contributed by atoms with Crippen LogP contribution >= 0.6 is 0 Å². The predicted molar refractivity (Wildman–Crippen MR) is 79.9 cm³/mol. The summed E-state index contributed by atoms with van der Waals surface area (Å²) in [6.07, 6.45) is 0.665. The lowest BCUT2D eigenvalue weighted by molar-refractivity contribution is -0.274. The summed E-state index contributed by atoms with van der Waals surface area (Å²) in [5.74, 6) is 0.303. The zero-order chi connectivity index (χ0) is 17.2. The van der Waals surface area contributed by atoms with Crippen molar-refractivity contribution in [3.05, 3.63) is 54.5 Å². The molecule has 2 aromatic heterocycles. The van der Waals surface area contributed by atoms with Gasteiger partial charge in [-0.1, -0.05) is 0 Å². The lowest BCUT2D eigenvalue weighted by Gasteiger charge is -2.09. The van der Waals surface area contributed by atoms with Gasteiger partial charge in [-0.05, 0) is 29.8 Å². The first-order valence-electron chi connectivity index (χ1n) is 7.04. The summed E-state index contributed by atoms with van der Waals surface area (Å²) in [5.41, 5.74) is 8.30. The third-order valence-electron chi connectivity index (χ3n) is 3.34. The number of nitrogens with one attached hydrogen (secondary N) is 2. The van der Waals surface area contributed by atoms with Gasteiger partial charge < -0.3 is 20.4 Å². The Morgan fingerprint density at radius 2 is 1.92 bits per heavy atom. The fourth-order valence-electron chi connectivity index (χ4n) is 2.24. The fraction of sp³-hybridized carbons (Fsp3) is 0.200. The average molecular weight is 337 g/mol. The molecule has 0 fully saturated rings. The van der Waals surface area contributed by atoms with E-state index in [0.717, 1.165) is 5.69 Å². The van der Waals surface area contributed by atoms with Crippen molar-refractivity contribution in [1.82, 2.24) is 19.9 Å². The molecule has 0 aliphatic carbocycles. The average Bonchev–Trinajstić information content (AvgIpc) is 3.17. The van der Waals surface area contributed by atoms with E-state index in [1.54, 1.807) is 18.7 Å². The Kier molecular flexibility index (Phi) is 4.26. The summed E-state index contributed by atoms with van der Waals surface area (Å²) < 4.78 is 40.3. The Balaban J connectivity index is 1.71. The van der Waals surface area contributed by atoms with E-state index in [-0.39, 0.29) is 11.8 Å². The van der Waals surface area contributed by atoms with Crippen molar-refractivity contribution in [2.75, 3.05) is 0 Å². The highest BCUT2D eigenvalue weighted by atomic mass is 19.4. The van der Waals surface area contributed by atoms with E-state index in [2.05, 4.69) is 24.7 Å². The molecular weight excluding hydrogens is 323 g/mol. The number of nitrogens with two attached hydrogens (primary N) is 1. The van der Waals surface area contributed by atoms with Gasteiger partial charge in [0.05, 0.1) is 24.3 Å². The van der Waals surface area contributed by atoms with Gasteiger partial charge in [0.15, 0.2) is 0 Å². The minimum atomic E-state index is -4.71. The number of hydrogen-bond acceptors (Lipinski definition) is 4. The maximum Gasteiger partial charge on any atom is 0.573 e. The second kappa shape index (κ2) is 6.36. The third kappa shape index (κ3) is 3.93. The molecule has 126 valence electrons. The number of aromatic amines is 2. The van der Waals surface area contributed by atoms with Crippen LogP contribution in [0, 0.1) is 0 Å². The van der Waals surface area contributed by atoms with Gasteiger partial charge in [-0.25, -0.2) is 9.97 Å². The quantitative estimate of drug-likeness (QED) is 0.667. The number of benzene rings is 1. The highest BCUT2D eigenvalue weighted by molar-refractivity contribution is 5.59. The van der Waals surface area contributed by atoms with Crippen LogP contribution in [0.1, 0.15) is 17.6 Å². The van der Waals surface area contributed by atoms with E-state index in [0.29, 0.717) is 23.5 Å². The molecule has 0 radical (unpaired) electrons. The molecule has 0 aliphatic rings. The Morgan fingerprint density at radius 3 is 2.54 bits per heavy atom. The first-order chi connectivity index (χ1) is 11.4. The van der Waals surface area contributed by atoms with Crippen LogP contribution in [0.4, 0.5) is 13.2 Å². The number of nitrogens with zero attached hydrogens (tertiary/aromatic N) is 2. The van der Waals surface area contributed by atoms with Gasteiger partial charge in [-0.15, -0.1) is 13.2 Å². The van der Waals surface area contributed by atoms with Crippen molar-refractivity contribution in [2.24, 2.45) is 5.73 Å². The van der Waals surface area contributed by atoms with Gasteiger partial charge in [-0.2, -0.15) is 0 Å². The van der Waals surface area contributed by atoms with E-state index in [4.69, 9.17) is 5.73 Å². The second-order valence-electron chi connectivity index (χ2n) is 5.14. The Morgan fingerprint density at radius 1 is 1.17 bits per heavy atom. The second-order valence-corrected chi connectivity index (χ2v) is 5.14. The molecule has 3 aromatic rings. The largest absolute Gasteiger partial charge is 0.573 e. The topological polar surface area (TPSA) is 92.6 Å². The number of alkyl halides is 3. The molecule has 9 heteroatoms. The van der Waals surface area contributed by atoms with E-state index in [1.165, 1.54) is 24.3 Å². The minimum Gasteiger partial charge on any atom is -0.406 e. The molecular formula is C15H14F3N5O. The number of imidazole rings is 2. The minimum absolute atomic E-state index is 0.276. The molecule has 0 bridgehead atoms. The van der Waals surface area contributed by atoms with Crippen molar-refractivity contribution in [2.45, 2.75) is 18.8 Å². The first-order valence-corrected chi connectivity index (χ1v) is 7.04. The van der Waals surface area contributed by atoms with Gasteiger partial charge in [0.25, 0.3) is 0 Å². The maximum absolute atomic E-state index is 12.2. The lowest BCUT2D eigenvalue weighted by atomic mass is 10.1. The van der Waals surface area contributed by atoms with Crippen LogP contribution in [-0.4, -0.2) is 26.3 Å². The van der Waals surface area contributed by atoms with Crippen molar-refractivity contribution in [1.29, 1.82) is 0 Å². The number of H-pyrrole nitrogens is 2. The molecule has 0 saturated heterocycles. The van der Waals surface area contributed by atoms with E-state index in [9.17, 15) is 13.2 Å². The molecule has 0 amide bonds. The number of aromatic nitrogens is 4. The molecule has 1 atom stereocenters. The van der Waals surface area contributed by atoms with Crippen molar-refractivity contribution in [3.63, 3.8) is 0 Å². The maximum atomic E-state index is 12.2. The smallest absolute Gasteiger partial charge is 0.406 e. The number of hydrogen-bond donors (Lipinski definition) is 3. The van der Waals surface area contributed by atoms with Crippen LogP contribution in [0.3, 0.4) is 0 Å². The molecule has 24 heavy (non-hydrogen) atoms. The lowest BCUT2D eigenvalue weighted by Crippen LogP contribution is -2.16. The molecule has 0 unspecified atom stereocenters. The van der Waals surface area contributed by atoms with Crippen LogP contribution in [0.25, 0.3) is 11.3 Å². The van der Waals surface area contributed by atoms with Crippen molar-refractivity contribution >= 4 is 0 Å². The summed E-state index contributed by atoms with van der Waals surface area (Å²) in [5, 5.41) is 0. The fourth-order valence-corrected chi connectivity index (χ4v) is 2.24. The number of ether oxygens (including phenoxy) is 1. The molecule has 4 N–H and O–H groups in total. The van der Waals surface area contributed by atoms with Crippen LogP contribution in [0.2, 0.25) is 0 Å². The Hall–Kier alpha value is -2.81. The molecule has 6 nitrogen and oxygen atoms in total. The standard InChI is InChI=1S/C15H14F3N5O/c16-15(17,18)24-11-3-1-9(2-4-11)13-7-21-14(23-13)12(19)5-10-6-20-8-22-10/h1-4,6-8,12H,5,19H2,(H,20,22)(H,21,23)/t12-/m0/s1. The SMILES string of the molecule is N[C@@H](Cc1cnc[nH]1)c1ncc(-c2ccc(OC(F)(F)F)cc2)[nH]1. The van der Waals surface area contributed by atoms with E-state index in [1.807, 2.05) is 0 Å². The zero-order valence-electron chi connectivity index (χ0n) is 12.3. The van der Waals surface area contributed by atoms with Crippen LogP contribution in [0.15, 0.2) is 43.0 Å². The van der Waals surface area contributed by atoms with Gasteiger partial charge >= 0.3 is 6.36 Å². The molecule has 0 saturated carbocycles. The molecule has 1 aromatic carbocycles. The van der Waals surface area contributed by atoms with Gasteiger partial charge in [0.1, 0.15) is 11.6 Å². The number of rotatable bonds is 5. The zero-order valence-corrected chi connectivity index (χ0v) is 12.3. The summed E-state index contributed by atoms with van der Waals surface area (Å²) in [6.45, 7) is 0. The molecule has 2 heterocycles. The van der Waals surface area contributed by atoms with E-state index >= 15 is 0 Å². The monoisotopic (exact) mass is 337 g/mol. The van der Waals surface area contributed by atoms with Gasteiger partial charge in [0.2, 0.25) is 0 Å². The summed E-state index contributed by atoms with van der Waals surface area (Å²) in [6, 6.07) is 5.16. The predicted octanol–water partition coefficient (Wildman–Crippen LogP) is 2.94. The summed E-state index contributed by atoms with van der Waals surface area (Å²) >= 11 is 0. The van der Waals surface area contributed by atoms with Gasteiger partial charge in [0, 0.05) is 18.3 Å². The normalized spacial score (nSPS) is 13.0. The van der Waals surface area contributed by atoms with Crippen molar-refractivity contribution < 1.29 is 17.9 Å². The van der Waals surface area contributed by atoms with Crippen molar-refractivity contribution in [3.8, 4) is 17.0 Å². The third-order valence-corrected chi connectivity index (χ3v) is 3.34. The summed E-state index contributed by atoms with van der Waals surface area (Å²) in [7, 11) is 0. The molecule has 0 spiro atoms. The van der Waals surface area contributed by atoms with Gasteiger partial charge in [-0.3, -0.25) is 0 Å². The molecule has 0 aliphatic heterocycles. The Bertz CT molecular complexity index is 780. The van der Waals surface area contributed by atoms with Crippen LogP contribution < -0.4 is 10.5 Å². The summed E-state index contributed by atoms with van der Waals surface area (Å²) in [4.78, 5) is 14.2. The number of halogens is 3. The first kappa shape index (κ1) is 16.1. The van der Waals surface area contributed by atoms with E-state index < -0.39 is 6.36 Å². The van der Waals surface area contributed by atoms with Crippen LogP contribution in [-0.2, 0) is 6.42 Å².